The Morgan fingerprint density at radius 1 is 1.41 bits per heavy atom. The van der Waals surface area contributed by atoms with Crippen LogP contribution in [0, 0.1) is 12.7 Å². The van der Waals surface area contributed by atoms with Crippen LogP contribution in [0.5, 0.6) is 0 Å². The lowest BCUT2D eigenvalue weighted by Gasteiger charge is -2.10. The third kappa shape index (κ3) is 2.62. The van der Waals surface area contributed by atoms with Gasteiger partial charge in [0.05, 0.1) is 6.20 Å². The summed E-state index contributed by atoms with van der Waals surface area (Å²) in [6.45, 7) is 1.85. The molecule has 1 aromatic heterocycles. The van der Waals surface area contributed by atoms with Gasteiger partial charge in [0.2, 0.25) is 5.95 Å². The van der Waals surface area contributed by atoms with Gasteiger partial charge in [0.15, 0.2) is 5.82 Å². The van der Waals surface area contributed by atoms with Crippen LogP contribution < -0.4 is 11.1 Å². The number of rotatable bonds is 2. The van der Waals surface area contributed by atoms with Crippen molar-refractivity contribution in [1.82, 2.24) is 9.97 Å². The van der Waals surface area contributed by atoms with E-state index >= 15 is 0 Å². The fourth-order valence-electron chi connectivity index (χ4n) is 1.32. The van der Waals surface area contributed by atoms with E-state index < -0.39 is 0 Å². The van der Waals surface area contributed by atoms with Crippen molar-refractivity contribution in [3.63, 3.8) is 0 Å². The molecule has 1 aromatic carbocycles. The van der Waals surface area contributed by atoms with Crippen molar-refractivity contribution in [2.75, 3.05) is 11.1 Å². The summed E-state index contributed by atoms with van der Waals surface area (Å²) in [5, 5.41) is 3.24. The van der Waals surface area contributed by atoms with Crippen LogP contribution in [-0.4, -0.2) is 9.97 Å². The molecule has 0 aliphatic rings. The van der Waals surface area contributed by atoms with E-state index in [0.717, 1.165) is 5.56 Å². The molecule has 3 N–H and O–H groups in total. The van der Waals surface area contributed by atoms with Gasteiger partial charge in [0.25, 0.3) is 0 Å². The van der Waals surface area contributed by atoms with E-state index in [2.05, 4.69) is 15.3 Å². The SMILES string of the molecule is Cc1ccc(F)cc1Nc1nc(N)ncc1Cl. The van der Waals surface area contributed by atoms with E-state index in [0.29, 0.717) is 16.5 Å². The van der Waals surface area contributed by atoms with Crippen molar-refractivity contribution in [1.29, 1.82) is 0 Å². The Morgan fingerprint density at radius 2 is 2.18 bits per heavy atom. The Kier molecular flexibility index (Phi) is 3.10. The molecule has 6 heteroatoms. The number of anilines is 3. The van der Waals surface area contributed by atoms with Gasteiger partial charge < -0.3 is 11.1 Å². The molecular weight excluding hydrogens is 243 g/mol. The standard InChI is InChI=1S/C11H10ClFN4/c1-6-2-3-7(13)4-9(6)16-10-8(12)5-15-11(14)17-10/h2-5H,1H3,(H3,14,15,16,17). The topological polar surface area (TPSA) is 63.8 Å². The van der Waals surface area contributed by atoms with E-state index in [1.807, 2.05) is 6.92 Å². The number of hydrogen-bond acceptors (Lipinski definition) is 4. The van der Waals surface area contributed by atoms with Gasteiger partial charge in [-0.25, -0.2) is 9.37 Å². The zero-order valence-corrected chi connectivity index (χ0v) is 9.79. The first-order valence-corrected chi connectivity index (χ1v) is 5.25. The van der Waals surface area contributed by atoms with E-state index in [1.54, 1.807) is 6.07 Å². The highest BCUT2D eigenvalue weighted by molar-refractivity contribution is 6.32. The molecule has 0 aliphatic heterocycles. The van der Waals surface area contributed by atoms with Crippen LogP contribution in [-0.2, 0) is 0 Å². The van der Waals surface area contributed by atoms with Crippen LogP contribution in [0.2, 0.25) is 5.02 Å². The second-order valence-corrected chi connectivity index (χ2v) is 3.92. The maximum Gasteiger partial charge on any atom is 0.222 e. The Balaban J connectivity index is 2.37. The quantitative estimate of drug-likeness (QED) is 0.863. The van der Waals surface area contributed by atoms with Crippen molar-refractivity contribution in [3.8, 4) is 0 Å². The van der Waals surface area contributed by atoms with Gasteiger partial charge in [-0.05, 0) is 24.6 Å². The highest BCUT2D eigenvalue weighted by atomic mass is 35.5. The van der Waals surface area contributed by atoms with E-state index in [-0.39, 0.29) is 11.8 Å². The first kappa shape index (κ1) is 11.6. The molecule has 0 saturated carbocycles. The summed E-state index contributed by atoms with van der Waals surface area (Å²) in [6, 6.07) is 4.41. The zero-order chi connectivity index (χ0) is 12.4. The summed E-state index contributed by atoms with van der Waals surface area (Å²) in [6.07, 6.45) is 1.39. The van der Waals surface area contributed by atoms with Crippen molar-refractivity contribution >= 4 is 29.1 Å². The number of nitrogens with one attached hydrogen (secondary N) is 1. The number of nitrogen functional groups attached to an aromatic ring is 1. The van der Waals surface area contributed by atoms with Crippen molar-refractivity contribution in [2.24, 2.45) is 0 Å². The van der Waals surface area contributed by atoms with E-state index in [9.17, 15) is 4.39 Å². The molecular formula is C11H10ClFN4. The molecule has 0 saturated heterocycles. The third-order valence-corrected chi connectivity index (χ3v) is 2.49. The number of benzene rings is 1. The number of halogens is 2. The van der Waals surface area contributed by atoms with Gasteiger partial charge in [0.1, 0.15) is 10.8 Å². The molecule has 0 radical (unpaired) electrons. The minimum Gasteiger partial charge on any atom is -0.368 e. The summed E-state index contributed by atoms with van der Waals surface area (Å²) in [7, 11) is 0. The predicted octanol–water partition coefficient (Wildman–Crippen LogP) is 2.90. The molecule has 0 atom stereocenters. The lowest BCUT2D eigenvalue weighted by atomic mass is 10.2. The smallest absolute Gasteiger partial charge is 0.222 e. The second kappa shape index (κ2) is 4.55. The minimum atomic E-state index is -0.337. The van der Waals surface area contributed by atoms with Gasteiger partial charge in [0, 0.05) is 5.69 Å². The van der Waals surface area contributed by atoms with Crippen LogP contribution >= 0.6 is 11.6 Å². The van der Waals surface area contributed by atoms with Crippen LogP contribution in [0.3, 0.4) is 0 Å². The molecule has 0 fully saturated rings. The largest absolute Gasteiger partial charge is 0.368 e. The highest BCUT2D eigenvalue weighted by Gasteiger charge is 2.06. The maximum atomic E-state index is 13.1. The fraction of sp³-hybridized carbons (Fsp3) is 0.0909. The van der Waals surface area contributed by atoms with Gasteiger partial charge in [-0.15, -0.1) is 0 Å². The van der Waals surface area contributed by atoms with Crippen LogP contribution in [0.25, 0.3) is 0 Å². The molecule has 1 heterocycles. The Morgan fingerprint density at radius 3 is 2.94 bits per heavy atom. The lowest BCUT2D eigenvalue weighted by Crippen LogP contribution is -2.01. The zero-order valence-electron chi connectivity index (χ0n) is 9.04. The Hall–Kier alpha value is -1.88. The summed E-state index contributed by atoms with van der Waals surface area (Å²) in [4.78, 5) is 7.68. The first-order valence-electron chi connectivity index (χ1n) is 4.87. The third-order valence-electron chi connectivity index (χ3n) is 2.22. The number of nitrogens with two attached hydrogens (primary N) is 1. The van der Waals surface area contributed by atoms with E-state index in [4.69, 9.17) is 17.3 Å². The van der Waals surface area contributed by atoms with Gasteiger partial charge >= 0.3 is 0 Å². The molecule has 0 bridgehead atoms. The molecule has 88 valence electrons. The summed E-state index contributed by atoms with van der Waals surface area (Å²) in [5.74, 6) is 0.120. The van der Waals surface area contributed by atoms with Gasteiger partial charge in [-0.3, -0.25) is 0 Å². The normalized spacial score (nSPS) is 10.3. The lowest BCUT2D eigenvalue weighted by molar-refractivity contribution is 0.628. The summed E-state index contributed by atoms with van der Waals surface area (Å²) in [5.41, 5.74) is 6.92. The fourth-order valence-corrected chi connectivity index (χ4v) is 1.46. The molecule has 2 aromatic rings. The van der Waals surface area contributed by atoms with Crippen LogP contribution in [0.4, 0.5) is 21.8 Å². The van der Waals surface area contributed by atoms with Crippen molar-refractivity contribution in [2.45, 2.75) is 6.92 Å². The van der Waals surface area contributed by atoms with Crippen molar-refractivity contribution < 1.29 is 4.39 Å². The van der Waals surface area contributed by atoms with Crippen LogP contribution in [0.1, 0.15) is 5.56 Å². The minimum absolute atomic E-state index is 0.103. The molecule has 2 rings (SSSR count). The second-order valence-electron chi connectivity index (χ2n) is 3.51. The van der Waals surface area contributed by atoms with Gasteiger partial charge in [-0.2, -0.15) is 4.98 Å². The maximum absolute atomic E-state index is 13.1. The summed E-state index contributed by atoms with van der Waals surface area (Å²) >= 11 is 5.90. The monoisotopic (exact) mass is 252 g/mol. The molecule has 17 heavy (non-hydrogen) atoms. The highest BCUT2D eigenvalue weighted by Crippen LogP contribution is 2.25. The van der Waals surface area contributed by atoms with Crippen LogP contribution in [0.15, 0.2) is 24.4 Å². The molecule has 0 amide bonds. The number of nitrogens with zero attached hydrogens (tertiary/aromatic N) is 2. The van der Waals surface area contributed by atoms with E-state index in [1.165, 1.54) is 18.3 Å². The summed E-state index contributed by atoms with van der Waals surface area (Å²) < 4.78 is 13.1. The number of hydrogen-bond donors (Lipinski definition) is 2. The molecule has 0 spiro atoms. The van der Waals surface area contributed by atoms with Crippen molar-refractivity contribution in [3.05, 3.63) is 40.8 Å². The number of aryl methyl sites for hydroxylation is 1. The molecule has 4 nitrogen and oxygen atoms in total. The van der Waals surface area contributed by atoms with Gasteiger partial charge in [-0.1, -0.05) is 17.7 Å². The predicted molar refractivity (Wildman–Crippen MR) is 65.9 cm³/mol. The average molecular weight is 253 g/mol. The average Bonchev–Trinajstić information content (AvgIpc) is 2.28. The Labute approximate surface area is 103 Å². The Bertz CT molecular complexity index is 510. The molecule has 0 aliphatic carbocycles. The first-order chi connectivity index (χ1) is 8.06. The number of aromatic nitrogens is 2. The molecule has 0 unspecified atom stereocenters.